The highest BCUT2D eigenvalue weighted by Gasteiger charge is 2.16. The monoisotopic (exact) mass is 680 g/mol. The number of aromatic amines is 1. The zero-order valence-corrected chi connectivity index (χ0v) is 29.0. The Morgan fingerprint density at radius 1 is 1.21 bits per heavy atom. The van der Waals surface area contributed by atoms with E-state index < -0.39 is 11.5 Å². The second kappa shape index (κ2) is 18.2. The van der Waals surface area contributed by atoms with E-state index >= 15 is 4.39 Å². The summed E-state index contributed by atoms with van der Waals surface area (Å²) in [6.45, 7) is 9.97. The van der Waals surface area contributed by atoms with Gasteiger partial charge in [0.25, 0.3) is 0 Å². The highest BCUT2D eigenvalue weighted by atomic mass is 35.5. The van der Waals surface area contributed by atoms with E-state index in [9.17, 15) is 4.79 Å². The van der Waals surface area contributed by atoms with Gasteiger partial charge in [-0.15, -0.1) is 0 Å². The molecule has 10 nitrogen and oxygen atoms in total. The second-order valence-electron chi connectivity index (χ2n) is 12.6. The van der Waals surface area contributed by atoms with Crippen molar-refractivity contribution in [2.45, 2.75) is 71.4 Å². The van der Waals surface area contributed by atoms with Crippen molar-refractivity contribution < 1.29 is 9.13 Å². The van der Waals surface area contributed by atoms with Crippen LogP contribution >= 0.6 is 11.6 Å². The summed E-state index contributed by atoms with van der Waals surface area (Å²) in [6, 6.07) is 13.4. The van der Waals surface area contributed by atoms with Crippen LogP contribution in [0.1, 0.15) is 70.0 Å². The molecule has 1 aliphatic rings. The lowest BCUT2D eigenvalue weighted by molar-refractivity contribution is -0.0221. The number of hydrogen-bond donors (Lipinski definition) is 5. The molecule has 2 atom stereocenters. The van der Waals surface area contributed by atoms with Crippen molar-refractivity contribution in [3.8, 4) is 16.9 Å². The number of halogens is 2. The van der Waals surface area contributed by atoms with Crippen LogP contribution in [0, 0.1) is 11.7 Å². The van der Waals surface area contributed by atoms with Crippen LogP contribution in [0.25, 0.3) is 28.0 Å². The van der Waals surface area contributed by atoms with E-state index in [0.717, 1.165) is 75.3 Å². The van der Waals surface area contributed by atoms with Gasteiger partial charge in [-0.3, -0.25) is 9.56 Å². The summed E-state index contributed by atoms with van der Waals surface area (Å²) in [5.74, 6) is 0.793. The summed E-state index contributed by atoms with van der Waals surface area (Å²) in [5, 5.41) is 4.33. The first-order valence-corrected chi connectivity index (χ1v) is 17.2. The van der Waals surface area contributed by atoms with Gasteiger partial charge in [0, 0.05) is 41.7 Å². The number of fused-ring (bicyclic) bond motifs is 1. The third kappa shape index (κ3) is 10.4. The number of benzene rings is 2. The first-order valence-electron chi connectivity index (χ1n) is 16.9. The Kier molecular flexibility index (Phi) is 14.1. The van der Waals surface area contributed by atoms with E-state index in [1.54, 1.807) is 24.4 Å². The first-order chi connectivity index (χ1) is 23.1. The molecule has 4 aromatic rings. The van der Waals surface area contributed by atoms with Gasteiger partial charge in [-0.05, 0) is 87.0 Å². The molecule has 0 aliphatic carbocycles. The summed E-state index contributed by atoms with van der Waals surface area (Å²) >= 11 is 6.25. The van der Waals surface area contributed by atoms with E-state index in [2.05, 4.69) is 34.1 Å². The maximum Gasteiger partial charge on any atom is 0.354 e. The number of H-pyrrole nitrogens is 1. The number of aromatic nitrogens is 3. The van der Waals surface area contributed by atoms with E-state index in [0.29, 0.717) is 40.4 Å². The van der Waals surface area contributed by atoms with E-state index in [1.807, 2.05) is 31.2 Å². The van der Waals surface area contributed by atoms with Gasteiger partial charge in [-0.1, -0.05) is 44.0 Å². The highest BCUT2D eigenvalue weighted by Crippen LogP contribution is 2.31. The third-order valence-electron chi connectivity index (χ3n) is 8.22. The molecule has 0 spiro atoms. The standard InChI is InChI=1S/C32H42ClFN8O.C4H8O/c1-3-6-27(38-13-5-14-39-29(37)18-35)22-9-11-24(12-10-22)42-19-23-17-28(40-31(23)41-32(42)43)25-15-21(8-4-7-20(2)36)16-26(33)30(25)34;1-4-2-5-3-4/h9-12,15-17,19-20,27,38H,3-8,13-14,18,35-36H2,1-2H3,(H2,37,39)(H,40,41,43);4H,2-3H2,1H3. The average molecular weight is 681 g/mol. The Bertz CT molecular complexity index is 1700. The summed E-state index contributed by atoms with van der Waals surface area (Å²) < 4.78 is 21.4. The van der Waals surface area contributed by atoms with Crippen LogP contribution in [0.15, 0.2) is 58.4 Å². The van der Waals surface area contributed by atoms with Crippen LogP contribution in [-0.4, -0.2) is 59.3 Å². The first kappa shape index (κ1) is 37.2. The Labute approximate surface area is 287 Å². The van der Waals surface area contributed by atoms with Crippen molar-refractivity contribution in [2.24, 2.45) is 28.1 Å². The van der Waals surface area contributed by atoms with Crippen molar-refractivity contribution in [1.82, 2.24) is 19.9 Å². The number of nitrogens with zero attached hydrogens (tertiary/aromatic N) is 3. The lowest BCUT2D eigenvalue weighted by Crippen LogP contribution is -2.25. The molecular formula is C36H50ClFN8O2. The van der Waals surface area contributed by atoms with Gasteiger partial charge < -0.3 is 32.2 Å². The molecule has 12 heteroatoms. The number of amidine groups is 1. The number of nitrogens with two attached hydrogens (primary N) is 3. The predicted octanol–water partition coefficient (Wildman–Crippen LogP) is 5.63. The van der Waals surface area contributed by atoms with Crippen LogP contribution in [0.2, 0.25) is 5.02 Å². The van der Waals surface area contributed by atoms with Gasteiger partial charge in [0.15, 0.2) is 5.82 Å². The fourth-order valence-corrected chi connectivity index (χ4v) is 5.72. The molecule has 1 saturated heterocycles. The van der Waals surface area contributed by atoms with Crippen LogP contribution in [0.5, 0.6) is 0 Å². The number of aryl methyl sites for hydroxylation is 1. The van der Waals surface area contributed by atoms with Crippen molar-refractivity contribution in [3.63, 3.8) is 0 Å². The fraction of sp³-hybridized carbons (Fsp3) is 0.472. The molecule has 2 aromatic heterocycles. The van der Waals surface area contributed by atoms with Gasteiger partial charge in [0.2, 0.25) is 0 Å². The Morgan fingerprint density at radius 3 is 2.56 bits per heavy atom. The molecule has 2 unspecified atom stereocenters. The normalized spacial score (nSPS) is 14.8. The molecule has 0 bridgehead atoms. The minimum atomic E-state index is -0.516. The number of aliphatic imine (C=N–C) groups is 1. The largest absolute Gasteiger partial charge is 0.386 e. The number of ether oxygens (including phenoxy) is 1. The molecule has 0 radical (unpaired) electrons. The summed E-state index contributed by atoms with van der Waals surface area (Å²) in [7, 11) is 0. The molecule has 8 N–H and O–H groups in total. The Morgan fingerprint density at radius 2 is 1.94 bits per heavy atom. The van der Waals surface area contributed by atoms with Gasteiger partial charge >= 0.3 is 5.69 Å². The summed E-state index contributed by atoms with van der Waals surface area (Å²) in [6.07, 6.45) is 7.05. The topological polar surface area (TPSA) is 162 Å². The summed E-state index contributed by atoms with van der Waals surface area (Å²) in [4.78, 5) is 24.6. The number of rotatable bonds is 15. The van der Waals surface area contributed by atoms with Crippen molar-refractivity contribution in [2.75, 3.05) is 32.8 Å². The minimum Gasteiger partial charge on any atom is -0.386 e. The zero-order valence-electron chi connectivity index (χ0n) is 28.3. The lowest BCUT2D eigenvalue weighted by atomic mass is 10.0. The minimum absolute atomic E-state index is 0.0558. The average Bonchev–Trinajstić information content (AvgIpc) is 3.47. The summed E-state index contributed by atoms with van der Waals surface area (Å²) in [5.41, 5.74) is 20.6. The molecule has 260 valence electrons. The Hall–Kier alpha value is -3.61. The zero-order chi connectivity index (χ0) is 34.6. The molecular weight excluding hydrogens is 631 g/mol. The number of nitrogens with one attached hydrogen (secondary N) is 2. The SMILES string of the molecule is CC1COC1.CCCC(NCCCN=C(N)CN)c1ccc(-n2cc3cc(-c4cc(CCCC(C)N)cc(Cl)c4F)[nH]c3nc2=O)cc1. The highest BCUT2D eigenvalue weighted by molar-refractivity contribution is 6.31. The molecule has 3 heterocycles. The molecule has 0 saturated carbocycles. The van der Waals surface area contributed by atoms with Crippen LogP contribution in [0.3, 0.4) is 0 Å². The van der Waals surface area contributed by atoms with Crippen LogP contribution < -0.4 is 28.2 Å². The Balaban J connectivity index is 0.000000950. The maximum atomic E-state index is 15.1. The fourth-order valence-electron chi connectivity index (χ4n) is 5.48. The van der Waals surface area contributed by atoms with Gasteiger partial charge in [0.05, 0.1) is 36.2 Å². The van der Waals surface area contributed by atoms with E-state index in [-0.39, 0.29) is 23.7 Å². The van der Waals surface area contributed by atoms with Crippen LogP contribution in [-0.2, 0) is 11.2 Å². The van der Waals surface area contributed by atoms with E-state index in [1.165, 1.54) is 4.57 Å². The quantitative estimate of drug-likeness (QED) is 0.0617. The second-order valence-corrected chi connectivity index (χ2v) is 13.1. The molecule has 0 amide bonds. The van der Waals surface area contributed by atoms with Gasteiger partial charge in [0.1, 0.15) is 11.5 Å². The molecule has 1 aliphatic heterocycles. The van der Waals surface area contributed by atoms with Crippen molar-refractivity contribution in [1.29, 1.82) is 0 Å². The maximum absolute atomic E-state index is 15.1. The van der Waals surface area contributed by atoms with Crippen LogP contribution in [0.4, 0.5) is 4.39 Å². The predicted molar refractivity (Wildman–Crippen MR) is 194 cm³/mol. The number of hydrogen-bond acceptors (Lipinski definition) is 7. The van der Waals surface area contributed by atoms with Gasteiger partial charge in [-0.25, -0.2) is 9.18 Å². The molecule has 48 heavy (non-hydrogen) atoms. The van der Waals surface area contributed by atoms with E-state index in [4.69, 9.17) is 33.5 Å². The van der Waals surface area contributed by atoms with Crippen molar-refractivity contribution in [3.05, 3.63) is 81.1 Å². The molecule has 1 fully saturated rings. The lowest BCUT2D eigenvalue weighted by Gasteiger charge is -2.20. The molecule has 5 rings (SSSR count). The van der Waals surface area contributed by atoms with Crippen molar-refractivity contribution >= 4 is 28.5 Å². The third-order valence-corrected chi connectivity index (χ3v) is 8.49. The smallest absolute Gasteiger partial charge is 0.354 e. The van der Waals surface area contributed by atoms with Gasteiger partial charge in [-0.2, -0.15) is 4.98 Å². The molecule has 2 aromatic carbocycles.